The number of fused-ring (bicyclic) bond motifs is 9. The standard InChI is InChI=1S/C23H19F2N3O5S/c1-27-18-12-17(20-14(22(27)29)6-3-7-19(20)33-23(24)25)28-16-11-13(5-4-10-32-34(2,30)31)8-9-15(16)26-21(18)28/h3,6-9,11,17-18,23H,10,12H2,1-2H3/t17-,18-/m1/s1/i1D3. The molecule has 1 aromatic heterocycles. The van der Waals surface area contributed by atoms with Crippen molar-refractivity contribution in [2.45, 2.75) is 25.1 Å². The molecule has 5 rings (SSSR count). The quantitative estimate of drug-likeness (QED) is 0.413. The van der Waals surface area contributed by atoms with Crippen LogP contribution in [0.1, 0.15) is 49.9 Å². The van der Waals surface area contributed by atoms with Crippen LogP contribution in [0, 0.1) is 11.8 Å². The number of aromatic nitrogens is 2. The van der Waals surface area contributed by atoms with E-state index in [1.54, 1.807) is 22.8 Å². The van der Waals surface area contributed by atoms with Crippen molar-refractivity contribution in [3.63, 3.8) is 0 Å². The van der Waals surface area contributed by atoms with Crippen LogP contribution in [0.2, 0.25) is 0 Å². The summed E-state index contributed by atoms with van der Waals surface area (Å²) in [5, 5.41) is 0. The summed E-state index contributed by atoms with van der Waals surface area (Å²) in [6, 6.07) is 7.39. The van der Waals surface area contributed by atoms with Crippen molar-refractivity contribution < 1.29 is 35.0 Å². The number of amides is 1. The predicted octanol–water partition coefficient (Wildman–Crippen LogP) is 3.09. The molecule has 0 saturated heterocycles. The van der Waals surface area contributed by atoms with E-state index in [0.29, 0.717) is 22.4 Å². The normalized spacial score (nSPS) is 20.6. The Kier molecular flexibility index (Phi) is 4.48. The lowest BCUT2D eigenvalue weighted by atomic mass is 9.97. The number of carbonyl (C=O) groups excluding carboxylic acids is 1. The third-order valence-electron chi connectivity index (χ3n) is 5.73. The van der Waals surface area contributed by atoms with Crippen LogP contribution in [-0.2, 0) is 14.3 Å². The summed E-state index contributed by atoms with van der Waals surface area (Å²) in [5.74, 6) is 4.66. The molecule has 2 aliphatic rings. The van der Waals surface area contributed by atoms with Crippen LogP contribution in [0.4, 0.5) is 8.78 Å². The monoisotopic (exact) mass is 490 g/mol. The Balaban J connectivity index is 1.69. The molecule has 1 amide bonds. The van der Waals surface area contributed by atoms with Gasteiger partial charge in [-0.2, -0.15) is 17.2 Å². The van der Waals surface area contributed by atoms with Gasteiger partial charge in [-0.25, -0.2) is 4.98 Å². The Hall–Kier alpha value is -3.49. The second-order valence-corrected chi connectivity index (χ2v) is 9.49. The summed E-state index contributed by atoms with van der Waals surface area (Å²) in [6.07, 6.45) is 1.01. The van der Waals surface area contributed by atoms with Crippen molar-refractivity contribution in [1.82, 2.24) is 14.5 Å². The summed E-state index contributed by atoms with van der Waals surface area (Å²) < 4.78 is 84.0. The summed E-state index contributed by atoms with van der Waals surface area (Å²) in [5.41, 5.74) is 1.63. The number of ether oxygens (including phenoxy) is 1. The summed E-state index contributed by atoms with van der Waals surface area (Å²) in [6.45, 7) is -6.32. The van der Waals surface area contributed by atoms with Crippen LogP contribution in [-0.4, -0.2) is 55.2 Å². The predicted molar refractivity (Wildman–Crippen MR) is 118 cm³/mol. The lowest BCUT2D eigenvalue weighted by Gasteiger charge is -2.24. The van der Waals surface area contributed by atoms with Crippen LogP contribution < -0.4 is 4.74 Å². The first-order valence-corrected chi connectivity index (χ1v) is 11.9. The average molecular weight is 491 g/mol. The number of hydrogen-bond donors (Lipinski definition) is 0. The van der Waals surface area contributed by atoms with Gasteiger partial charge in [0.2, 0.25) is 0 Å². The minimum absolute atomic E-state index is 0.0388. The molecule has 0 saturated carbocycles. The largest absolute Gasteiger partial charge is 0.434 e. The lowest BCUT2D eigenvalue weighted by Crippen LogP contribution is -2.30. The molecule has 0 spiro atoms. The Morgan fingerprint density at radius 2 is 2.12 bits per heavy atom. The van der Waals surface area contributed by atoms with Crippen molar-refractivity contribution in [2.75, 3.05) is 19.8 Å². The Bertz CT molecular complexity index is 1590. The molecule has 0 unspecified atom stereocenters. The third-order valence-corrected chi connectivity index (χ3v) is 6.27. The van der Waals surface area contributed by atoms with Gasteiger partial charge in [0.05, 0.1) is 29.4 Å². The maximum absolute atomic E-state index is 13.4. The number of halogens is 2. The molecule has 2 atom stereocenters. The fourth-order valence-electron chi connectivity index (χ4n) is 4.46. The van der Waals surface area contributed by atoms with Gasteiger partial charge in [0.25, 0.3) is 16.0 Å². The Morgan fingerprint density at radius 1 is 1.29 bits per heavy atom. The highest BCUT2D eigenvalue weighted by Crippen LogP contribution is 2.49. The number of hydrogen-bond acceptors (Lipinski definition) is 6. The molecular weight excluding hydrogens is 468 g/mol. The van der Waals surface area contributed by atoms with Gasteiger partial charge in [0.1, 0.15) is 18.2 Å². The van der Waals surface area contributed by atoms with Crippen LogP contribution in [0.25, 0.3) is 11.0 Å². The van der Waals surface area contributed by atoms with Gasteiger partial charge in [-0.15, -0.1) is 0 Å². The van der Waals surface area contributed by atoms with E-state index in [2.05, 4.69) is 21.0 Å². The second-order valence-electron chi connectivity index (χ2n) is 7.85. The maximum atomic E-state index is 13.4. The topological polar surface area (TPSA) is 90.7 Å². The highest BCUT2D eigenvalue weighted by atomic mass is 32.2. The molecule has 34 heavy (non-hydrogen) atoms. The molecule has 3 heterocycles. The number of carbonyl (C=O) groups is 1. The molecule has 176 valence electrons. The van der Waals surface area contributed by atoms with Gasteiger partial charge in [-0.1, -0.05) is 17.9 Å². The highest BCUT2D eigenvalue weighted by molar-refractivity contribution is 7.86. The van der Waals surface area contributed by atoms with Crippen LogP contribution in [0.15, 0.2) is 36.4 Å². The maximum Gasteiger partial charge on any atom is 0.387 e. The first-order valence-electron chi connectivity index (χ1n) is 11.6. The Morgan fingerprint density at radius 3 is 2.85 bits per heavy atom. The number of benzene rings is 2. The van der Waals surface area contributed by atoms with Gasteiger partial charge >= 0.3 is 6.61 Å². The molecule has 0 fully saturated rings. The first kappa shape index (κ1) is 18.9. The summed E-state index contributed by atoms with van der Waals surface area (Å²) in [7, 11) is -3.65. The highest BCUT2D eigenvalue weighted by Gasteiger charge is 2.44. The minimum Gasteiger partial charge on any atom is -0.434 e. The van der Waals surface area contributed by atoms with Gasteiger partial charge < -0.3 is 14.2 Å². The van der Waals surface area contributed by atoms with Crippen molar-refractivity contribution >= 4 is 27.1 Å². The number of imidazole rings is 1. The molecule has 0 aliphatic carbocycles. The number of rotatable bonds is 4. The van der Waals surface area contributed by atoms with E-state index in [4.69, 9.17) is 8.85 Å². The van der Waals surface area contributed by atoms with Crippen molar-refractivity contribution in [3.05, 3.63) is 58.9 Å². The zero-order chi connectivity index (χ0) is 26.7. The fourth-order valence-corrected chi connectivity index (χ4v) is 4.73. The number of alkyl halides is 2. The zero-order valence-corrected chi connectivity index (χ0v) is 18.5. The molecular formula is C23H19F2N3O5S. The van der Waals surface area contributed by atoms with Crippen molar-refractivity contribution in [3.8, 4) is 17.6 Å². The fraction of sp³-hybridized carbons (Fsp3) is 0.304. The molecule has 2 bridgehead atoms. The molecule has 3 aromatic rings. The van der Waals surface area contributed by atoms with Crippen molar-refractivity contribution in [1.29, 1.82) is 0 Å². The average Bonchev–Trinajstić information content (AvgIpc) is 3.28. The third kappa shape index (κ3) is 3.78. The van der Waals surface area contributed by atoms with E-state index in [-0.39, 0.29) is 29.9 Å². The SMILES string of the molecule is [2H]C([2H])([2H])N1C(=O)c2cccc(OC(F)F)c2[C@H]2C[C@@H]1c1nc3ccc(C#CCOS(C)(=O)=O)cc3n12. The Labute approximate surface area is 198 Å². The van der Waals surface area contributed by atoms with E-state index < -0.39 is 41.7 Å². The molecule has 2 aliphatic heterocycles. The van der Waals surface area contributed by atoms with Crippen molar-refractivity contribution in [2.24, 2.45) is 0 Å². The summed E-state index contributed by atoms with van der Waals surface area (Å²) in [4.78, 5) is 18.8. The second kappa shape index (κ2) is 8.07. The molecule has 11 heteroatoms. The molecule has 0 radical (unpaired) electrons. The van der Waals surface area contributed by atoms with Crippen LogP contribution in [0.5, 0.6) is 5.75 Å². The number of nitrogens with zero attached hydrogens (tertiary/aromatic N) is 3. The van der Waals surface area contributed by atoms with Gasteiger partial charge in [0, 0.05) is 34.2 Å². The van der Waals surface area contributed by atoms with E-state index in [9.17, 15) is 22.0 Å². The molecule has 0 N–H and O–H groups in total. The van der Waals surface area contributed by atoms with E-state index in [1.165, 1.54) is 18.2 Å². The molecule has 8 nitrogen and oxygen atoms in total. The summed E-state index contributed by atoms with van der Waals surface area (Å²) >= 11 is 0. The molecule has 2 aromatic carbocycles. The minimum atomic E-state index is -3.65. The van der Waals surface area contributed by atoms with E-state index in [1.807, 2.05) is 0 Å². The zero-order valence-electron chi connectivity index (χ0n) is 20.7. The first-order chi connectivity index (χ1) is 17.3. The van der Waals surface area contributed by atoms with Gasteiger partial charge in [0.15, 0.2) is 0 Å². The van der Waals surface area contributed by atoms with Gasteiger partial charge in [-0.3, -0.25) is 8.98 Å². The lowest BCUT2D eigenvalue weighted by molar-refractivity contribution is -0.0507. The van der Waals surface area contributed by atoms with E-state index >= 15 is 0 Å². The van der Waals surface area contributed by atoms with Gasteiger partial charge in [-0.05, 0) is 30.3 Å². The van der Waals surface area contributed by atoms with Crippen LogP contribution >= 0.6 is 0 Å². The van der Waals surface area contributed by atoms with E-state index in [0.717, 1.165) is 11.2 Å². The van der Waals surface area contributed by atoms with Crippen LogP contribution in [0.3, 0.4) is 0 Å². The smallest absolute Gasteiger partial charge is 0.387 e.